The highest BCUT2D eigenvalue weighted by Gasteiger charge is 2.20. The minimum Gasteiger partial charge on any atom is -0.388 e. The second-order valence-electron chi connectivity index (χ2n) is 5.47. The van der Waals surface area contributed by atoms with Gasteiger partial charge in [0.25, 0.3) is 0 Å². The Kier molecular flexibility index (Phi) is 3.56. The molecule has 0 amide bonds. The summed E-state index contributed by atoms with van der Waals surface area (Å²) >= 11 is 0. The molecule has 1 N–H and O–H groups in total. The van der Waals surface area contributed by atoms with Crippen LogP contribution in [0, 0.1) is 11.8 Å². The van der Waals surface area contributed by atoms with Crippen molar-refractivity contribution >= 4 is 5.57 Å². The molecule has 1 aromatic carbocycles. The van der Waals surface area contributed by atoms with Crippen molar-refractivity contribution in [3.8, 4) is 0 Å². The van der Waals surface area contributed by atoms with Crippen molar-refractivity contribution in [1.82, 2.24) is 5.32 Å². The van der Waals surface area contributed by atoms with Crippen LogP contribution in [0.15, 0.2) is 30.0 Å². The van der Waals surface area contributed by atoms with Crippen molar-refractivity contribution in [1.29, 1.82) is 0 Å². The first-order chi connectivity index (χ1) is 8.11. The summed E-state index contributed by atoms with van der Waals surface area (Å²) in [7, 11) is 0. The van der Waals surface area contributed by atoms with Gasteiger partial charge in [0.05, 0.1) is 0 Å². The Bertz CT molecular complexity index is 427. The molecule has 1 aliphatic rings. The van der Waals surface area contributed by atoms with Crippen molar-refractivity contribution in [3.05, 3.63) is 41.1 Å². The molecule has 0 unspecified atom stereocenters. The maximum Gasteiger partial charge on any atom is 0.0184 e. The van der Waals surface area contributed by atoms with E-state index >= 15 is 0 Å². The first-order valence-electron chi connectivity index (χ1n) is 6.67. The predicted molar refractivity (Wildman–Crippen MR) is 74.7 cm³/mol. The molecule has 1 nitrogen and oxygen atoms in total. The molecule has 0 spiro atoms. The van der Waals surface area contributed by atoms with Crippen LogP contribution >= 0.6 is 0 Å². The quantitative estimate of drug-likeness (QED) is 0.812. The second kappa shape index (κ2) is 4.95. The number of hydrogen-bond acceptors (Lipinski definition) is 1. The Morgan fingerprint density at radius 1 is 1.00 bits per heavy atom. The van der Waals surface area contributed by atoms with Crippen molar-refractivity contribution in [2.75, 3.05) is 6.54 Å². The van der Waals surface area contributed by atoms with Gasteiger partial charge < -0.3 is 5.32 Å². The molecule has 0 saturated heterocycles. The lowest BCUT2D eigenvalue weighted by molar-refractivity contribution is 0.649. The lowest BCUT2D eigenvalue weighted by Gasteiger charge is -2.21. The van der Waals surface area contributed by atoms with Gasteiger partial charge in [0.2, 0.25) is 0 Å². The minimum atomic E-state index is 0.568. The SMILES string of the molecule is CC(C)C1=C(C(C)C)c2ccccc2CCN1. The zero-order chi connectivity index (χ0) is 12.4. The van der Waals surface area contributed by atoms with Gasteiger partial charge in [-0.1, -0.05) is 52.0 Å². The third-order valence-electron chi connectivity index (χ3n) is 3.46. The standard InChI is InChI=1S/C16H23N/c1-11(2)15-14-8-6-5-7-13(14)9-10-17-16(15)12(3)4/h5-8,11-12,17H,9-10H2,1-4H3. The fraction of sp³-hybridized carbons (Fsp3) is 0.500. The van der Waals surface area contributed by atoms with Crippen molar-refractivity contribution in [2.45, 2.75) is 34.1 Å². The molecule has 0 atom stereocenters. The van der Waals surface area contributed by atoms with E-state index in [1.165, 1.54) is 22.4 Å². The molecule has 0 aliphatic carbocycles. The van der Waals surface area contributed by atoms with E-state index in [4.69, 9.17) is 0 Å². The van der Waals surface area contributed by atoms with E-state index < -0.39 is 0 Å². The largest absolute Gasteiger partial charge is 0.388 e. The Morgan fingerprint density at radius 2 is 1.71 bits per heavy atom. The summed E-state index contributed by atoms with van der Waals surface area (Å²) in [6.45, 7) is 10.2. The maximum absolute atomic E-state index is 3.64. The summed E-state index contributed by atoms with van der Waals surface area (Å²) < 4.78 is 0. The smallest absolute Gasteiger partial charge is 0.0184 e. The average molecular weight is 229 g/mol. The van der Waals surface area contributed by atoms with Gasteiger partial charge in [-0.2, -0.15) is 0 Å². The van der Waals surface area contributed by atoms with Crippen LogP contribution in [-0.4, -0.2) is 6.54 Å². The van der Waals surface area contributed by atoms with Gasteiger partial charge in [-0.05, 0) is 35.0 Å². The van der Waals surface area contributed by atoms with Crippen molar-refractivity contribution in [3.63, 3.8) is 0 Å². The zero-order valence-electron chi connectivity index (χ0n) is 11.4. The average Bonchev–Trinajstić information content (AvgIpc) is 2.47. The third kappa shape index (κ3) is 2.38. The molecule has 1 aromatic rings. The Morgan fingerprint density at radius 3 is 2.35 bits per heavy atom. The highest BCUT2D eigenvalue weighted by Crippen LogP contribution is 2.33. The summed E-state index contributed by atoms with van der Waals surface area (Å²) in [4.78, 5) is 0. The Balaban J connectivity index is 2.61. The summed E-state index contributed by atoms with van der Waals surface area (Å²) in [5.74, 6) is 1.14. The third-order valence-corrected chi connectivity index (χ3v) is 3.46. The van der Waals surface area contributed by atoms with Crippen LogP contribution in [0.3, 0.4) is 0 Å². The van der Waals surface area contributed by atoms with Gasteiger partial charge >= 0.3 is 0 Å². The second-order valence-corrected chi connectivity index (χ2v) is 5.47. The van der Waals surface area contributed by atoms with Gasteiger partial charge in [-0.25, -0.2) is 0 Å². The van der Waals surface area contributed by atoms with Crippen LogP contribution in [0.25, 0.3) is 5.57 Å². The van der Waals surface area contributed by atoms with E-state index in [1.807, 2.05) is 0 Å². The van der Waals surface area contributed by atoms with Gasteiger partial charge in [-0.15, -0.1) is 0 Å². The Labute approximate surface area is 105 Å². The highest BCUT2D eigenvalue weighted by molar-refractivity contribution is 5.73. The summed E-state index contributed by atoms with van der Waals surface area (Å²) in [6, 6.07) is 8.85. The van der Waals surface area contributed by atoms with Crippen LogP contribution < -0.4 is 5.32 Å². The molecular formula is C16H23N. The molecule has 0 radical (unpaired) electrons. The summed E-state index contributed by atoms with van der Waals surface area (Å²) in [5.41, 5.74) is 5.88. The molecule has 92 valence electrons. The molecule has 1 aliphatic heterocycles. The van der Waals surface area contributed by atoms with Crippen LogP contribution in [0.5, 0.6) is 0 Å². The summed E-state index contributed by atoms with van der Waals surface area (Å²) in [6.07, 6.45) is 1.13. The molecule has 17 heavy (non-hydrogen) atoms. The molecular weight excluding hydrogens is 206 g/mol. The van der Waals surface area contributed by atoms with E-state index in [2.05, 4.69) is 57.3 Å². The molecule has 0 aromatic heterocycles. The van der Waals surface area contributed by atoms with Crippen LogP contribution in [0.2, 0.25) is 0 Å². The number of fused-ring (bicyclic) bond motifs is 1. The highest BCUT2D eigenvalue weighted by atomic mass is 14.9. The molecule has 1 heterocycles. The molecule has 1 heteroatoms. The van der Waals surface area contributed by atoms with Crippen LogP contribution in [0.1, 0.15) is 38.8 Å². The van der Waals surface area contributed by atoms with E-state index in [0.29, 0.717) is 11.8 Å². The lowest BCUT2D eigenvalue weighted by atomic mass is 9.87. The number of allylic oxidation sites excluding steroid dienone is 2. The maximum atomic E-state index is 3.64. The zero-order valence-corrected chi connectivity index (χ0v) is 11.4. The topological polar surface area (TPSA) is 12.0 Å². The van der Waals surface area contributed by atoms with Gasteiger partial charge in [0.1, 0.15) is 0 Å². The minimum absolute atomic E-state index is 0.568. The number of hydrogen-bond donors (Lipinski definition) is 1. The summed E-state index contributed by atoms with van der Waals surface area (Å²) in [5, 5.41) is 3.64. The Hall–Kier alpha value is -1.24. The number of rotatable bonds is 2. The molecule has 0 fully saturated rings. The van der Waals surface area contributed by atoms with Crippen molar-refractivity contribution < 1.29 is 0 Å². The first kappa shape index (κ1) is 12.2. The normalized spacial score (nSPS) is 15.9. The number of nitrogens with one attached hydrogen (secondary N) is 1. The van der Waals surface area contributed by atoms with E-state index in [9.17, 15) is 0 Å². The van der Waals surface area contributed by atoms with Crippen LogP contribution in [-0.2, 0) is 6.42 Å². The van der Waals surface area contributed by atoms with Gasteiger partial charge in [0, 0.05) is 12.2 Å². The molecule has 2 rings (SSSR count). The van der Waals surface area contributed by atoms with Gasteiger partial charge in [-0.3, -0.25) is 0 Å². The van der Waals surface area contributed by atoms with Gasteiger partial charge in [0.15, 0.2) is 0 Å². The fourth-order valence-corrected chi connectivity index (χ4v) is 2.71. The van der Waals surface area contributed by atoms with E-state index in [0.717, 1.165) is 13.0 Å². The first-order valence-corrected chi connectivity index (χ1v) is 6.67. The fourth-order valence-electron chi connectivity index (χ4n) is 2.71. The van der Waals surface area contributed by atoms with E-state index in [1.54, 1.807) is 0 Å². The molecule has 0 saturated carbocycles. The van der Waals surface area contributed by atoms with Crippen molar-refractivity contribution in [2.24, 2.45) is 11.8 Å². The lowest BCUT2D eigenvalue weighted by Crippen LogP contribution is -2.20. The van der Waals surface area contributed by atoms with Crippen LogP contribution in [0.4, 0.5) is 0 Å². The monoisotopic (exact) mass is 229 g/mol. The number of benzene rings is 1. The molecule has 0 bridgehead atoms. The predicted octanol–water partition coefficient (Wildman–Crippen LogP) is 3.86. The van der Waals surface area contributed by atoms with E-state index in [-0.39, 0.29) is 0 Å².